The summed E-state index contributed by atoms with van der Waals surface area (Å²) in [7, 11) is 0. The number of hydrogen-bond donors (Lipinski definition) is 2. The van der Waals surface area contributed by atoms with Gasteiger partial charge in [-0.15, -0.1) is 0 Å². The number of nitrogens with zero attached hydrogens (tertiary/aromatic N) is 1. The second-order valence-electron chi connectivity index (χ2n) is 5.90. The number of halogens is 1. The topological polar surface area (TPSA) is 81.1 Å². The molecule has 0 spiro atoms. The van der Waals surface area contributed by atoms with Crippen molar-refractivity contribution in [2.75, 3.05) is 6.54 Å². The molecule has 23 heavy (non-hydrogen) atoms. The van der Waals surface area contributed by atoms with Crippen molar-refractivity contribution in [3.8, 4) is 11.3 Å². The number of rotatable bonds is 7. The average Bonchev–Trinajstić information content (AvgIpc) is 3.30. The minimum atomic E-state index is -0.0291. The van der Waals surface area contributed by atoms with Crippen LogP contribution in [0.3, 0.4) is 0 Å². The Bertz CT molecular complexity index is 682. The van der Waals surface area contributed by atoms with Crippen LogP contribution < -0.4 is 11.1 Å². The molecule has 0 bridgehead atoms. The first-order chi connectivity index (χ1) is 11.1. The lowest BCUT2D eigenvalue weighted by molar-refractivity contribution is -0.121. The summed E-state index contributed by atoms with van der Waals surface area (Å²) in [5.41, 5.74) is 6.76. The van der Waals surface area contributed by atoms with Crippen molar-refractivity contribution in [1.29, 1.82) is 0 Å². The number of amides is 1. The molecular weight excluding hydrogens is 314 g/mol. The lowest BCUT2D eigenvalue weighted by Crippen LogP contribution is -2.38. The van der Waals surface area contributed by atoms with Gasteiger partial charge in [0.15, 0.2) is 11.7 Å². The van der Waals surface area contributed by atoms with Crippen LogP contribution in [0.1, 0.15) is 25.2 Å². The minimum absolute atomic E-state index is 0.0291. The van der Waals surface area contributed by atoms with Gasteiger partial charge in [0, 0.05) is 31.0 Å². The predicted octanol–water partition coefficient (Wildman–Crippen LogP) is 2.78. The summed E-state index contributed by atoms with van der Waals surface area (Å²) in [5.74, 6) is 1.70. The molecule has 1 atom stereocenters. The van der Waals surface area contributed by atoms with Gasteiger partial charge in [0.1, 0.15) is 0 Å². The lowest BCUT2D eigenvalue weighted by atomic mass is 10.2. The van der Waals surface area contributed by atoms with E-state index < -0.39 is 0 Å². The summed E-state index contributed by atoms with van der Waals surface area (Å²) in [5, 5.41) is 3.48. The molecule has 1 aliphatic rings. The lowest BCUT2D eigenvalue weighted by Gasteiger charge is -2.10. The van der Waals surface area contributed by atoms with Crippen LogP contribution in [0.4, 0.5) is 0 Å². The summed E-state index contributed by atoms with van der Waals surface area (Å²) < 4.78 is 5.67. The Hall–Kier alpha value is -1.85. The van der Waals surface area contributed by atoms with Crippen LogP contribution in [-0.2, 0) is 11.2 Å². The van der Waals surface area contributed by atoms with Crippen molar-refractivity contribution < 1.29 is 9.21 Å². The Labute approximate surface area is 140 Å². The van der Waals surface area contributed by atoms with Crippen molar-refractivity contribution in [3.63, 3.8) is 0 Å². The van der Waals surface area contributed by atoms with Gasteiger partial charge < -0.3 is 15.5 Å². The SMILES string of the molecule is NC(CNC(=O)CCc1ncc(-c2ccccc2Cl)o1)C1CC1. The van der Waals surface area contributed by atoms with Crippen molar-refractivity contribution >= 4 is 17.5 Å². The molecule has 1 heterocycles. The highest BCUT2D eigenvalue weighted by Crippen LogP contribution is 2.31. The van der Waals surface area contributed by atoms with E-state index in [9.17, 15) is 4.79 Å². The van der Waals surface area contributed by atoms with Gasteiger partial charge >= 0.3 is 0 Å². The number of oxazole rings is 1. The summed E-state index contributed by atoms with van der Waals surface area (Å²) in [6.07, 6.45) is 4.78. The highest BCUT2D eigenvalue weighted by atomic mass is 35.5. The van der Waals surface area contributed by atoms with E-state index in [4.69, 9.17) is 21.8 Å². The molecule has 1 aromatic carbocycles. The number of carbonyl (C=O) groups excluding carboxylic acids is 1. The zero-order valence-electron chi connectivity index (χ0n) is 12.8. The molecule has 3 rings (SSSR count). The molecule has 2 aromatic rings. The highest BCUT2D eigenvalue weighted by molar-refractivity contribution is 6.33. The van der Waals surface area contributed by atoms with E-state index in [0.29, 0.717) is 42.0 Å². The maximum Gasteiger partial charge on any atom is 0.220 e. The van der Waals surface area contributed by atoms with Gasteiger partial charge in [0.05, 0.1) is 11.2 Å². The molecule has 0 saturated heterocycles. The third kappa shape index (κ3) is 4.33. The average molecular weight is 334 g/mol. The van der Waals surface area contributed by atoms with Crippen LogP contribution in [0.25, 0.3) is 11.3 Å². The second-order valence-corrected chi connectivity index (χ2v) is 6.31. The molecular formula is C17H20ClN3O2. The van der Waals surface area contributed by atoms with Crippen LogP contribution in [0.2, 0.25) is 5.02 Å². The van der Waals surface area contributed by atoms with Gasteiger partial charge in [0.2, 0.25) is 5.91 Å². The first-order valence-electron chi connectivity index (χ1n) is 7.85. The molecule has 3 N–H and O–H groups in total. The monoisotopic (exact) mass is 333 g/mol. The van der Waals surface area contributed by atoms with E-state index in [-0.39, 0.29) is 11.9 Å². The van der Waals surface area contributed by atoms with Gasteiger partial charge in [-0.1, -0.05) is 23.7 Å². The first kappa shape index (κ1) is 16.0. The van der Waals surface area contributed by atoms with Gasteiger partial charge in [0.25, 0.3) is 0 Å². The van der Waals surface area contributed by atoms with E-state index >= 15 is 0 Å². The largest absolute Gasteiger partial charge is 0.441 e. The summed E-state index contributed by atoms with van der Waals surface area (Å²) in [6, 6.07) is 7.50. The predicted molar refractivity (Wildman–Crippen MR) is 89.0 cm³/mol. The molecule has 1 aliphatic carbocycles. The summed E-state index contributed by atoms with van der Waals surface area (Å²) >= 11 is 6.13. The van der Waals surface area contributed by atoms with E-state index in [0.717, 1.165) is 5.56 Å². The maximum absolute atomic E-state index is 11.8. The maximum atomic E-state index is 11.8. The third-order valence-corrected chi connectivity index (χ3v) is 4.35. The van der Waals surface area contributed by atoms with E-state index in [2.05, 4.69) is 10.3 Å². The van der Waals surface area contributed by atoms with Gasteiger partial charge in [-0.05, 0) is 30.9 Å². The Balaban J connectivity index is 1.49. The Morgan fingerprint density at radius 3 is 2.96 bits per heavy atom. The summed E-state index contributed by atoms with van der Waals surface area (Å²) in [4.78, 5) is 16.0. The number of nitrogens with two attached hydrogens (primary N) is 1. The standard InChI is InChI=1S/C17H20ClN3O2/c18-13-4-2-1-3-12(13)15-10-21-17(23-15)8-7-16(22)20-9-14(19)11-5-6-11/h1-4,10-11,14H,5-9,19H2,(H,20,22). The Morgan fingerprint density at radius 1 is 1.43 bits per heavy atom. The molecule has 6 heteroatoms. The molecule has 1 amide bonds. The van der Waals surface area contributed by atoms with Crippen LogP contribution in [0.5, 0.6) is 0 Å². The van der Waals surface area contributed by atoms with Crippen LogP contribution in [-0.4, -0.2) is 23.5 Å². The molecule has 1 aromatic heterocycles. The molecule has 0 radical (unpaired) electrons. The molecule has 1 unspecified atom stereocenters. The summed E-state index contributed by atoms with van der Waals surface area (Å²) in [6.45, 7) is 0.542. The Morgan fingerprint density at radius 2 is 2.22 bits per heavy atom. The fourth-order valence-corrected chi connectivity index (χ4v) is 2.67. The van der Waals surface area contributed by atoms with Gasteiger partial charge in [-0.2, -0.15) is 0 Å². The number of hydrogen-bond acceptors (Lipinski definition) is 4. The van der Waals surface area contributed by atoms with Crippen molar-refractivity contribution in [2.24, 2.45) is 11.7 Å². The number of nitrogens with one attached hydrogen (secondary N) is 1. The van der Waals surface area contributed by atoms with E-state index in [1.54, 1.807) is 12.3 Å². The number of benzene rings is 1. The van der Waals surface area contributed by atoms with Crippen LogP contribution in [0.15, 0.2) is 34.9 Å². The smallest absolute Gasteiger partial charge is 0.220 e. The fraction of sp³-hybridized carbons (Fsp3) is 0.412. The van der Waals surface area contributed by atoms with Crippen molar-refractivity contribution in [3.05, 3.63) is 41.4 Å². The van der Waals surface area contributed by atoms with E-state index in [1.165, 1.54) is 12.8 Å². The highest BCUT2D eigenvalue weighted by Gasteiger charge is 2.28. The third-order valence-electron chi connectivity index (χ3n) is 4.02. The number of aromatic nitrogens is 1. The van der Waals surface area contributed by atoms with E-state index in [1.807, 2.05) is 18.2 Å². The quantitative estimate of drug-likeness (QED) is 0.816. The second kappa shape index (κ2) is 7.15. The van der Waals surface area contributed by atoms with Gasteiger partial charge in [-0.25, -0.2) is 4.98 Å². The number of aryl methyl sites for hydroxylation is 1. The molecule has 122 valence electrons. The minimum Gasteiger partial charge on any atom is -0.441 e. The molecule has 1 fully saturated rings. The van der Waals surface area contributed by atoms with Crippen LogP contribution in [0, 0.1) is 5.92 Å². The zero-order chi connectivity index (χ0) is 16.2. The van der Waals surface area contributed by atoms with Crippen molar-refractivity contribution in [2.45, 2.75) is 31.7 Å². The first-order valence-corrected chi connectivity index (χ1v) is 8.23. The molecule has 1 saturated carbocycles. The van der Waals surface area contributed by atoms with Gasteiger partial charge in [-0.3, -0.25) is 4.79 Å². The van der Waals surface area contributed by atoms with Crippen molar-refractivity contribution in [1.82, 2.24) is 10.3 Å². The Kier molecular flexibility index (Phi) is 4.98. The normalized spacial score (nSPS) is 15.4. The zero-order valence-corrected chi connectivity index (χ0v) is 13.6. The molecule has 0 aliphatic heterocycles. The fourth-order valence-electron chi connectivity index (χ4n) is 2.44. The van der Waals surface area contributed by atoms with Crippen LogP contribution >= 0.6 is 11.6 Å². The molecule has 5 nitrogen and oxygen atoms in total. The number of carbonyl (C=O) groups is 1.